The molecule has 3 aromatic rings. The van der Waals surface area contributed by atoms with Gasteiger partial charge in [-0.1, -0.05) is 19.1 Å². The Morgan fingerprint density at radius 3 is 2.45 bits per heavy atom. The molecule has 1 fully saturated rings. The lowest BCUT2D eigenvalue weighted by Crippen LogP contribution is -2.46. The van der Waals surface area contributed by atoms with E-state index in [2.05, 4.69) is 37.3 Å². The summed E-state index contributed by atoms with van der Waals surface area (Å²) in [6.07, 6.45) is 1.71. The smallest absolute Gasteiger partial charge is 0.330 e. The number of nitrogens with one attached hydrogen (secondary N) is 2. The molecular formula is C29H36N8O3. The molecule has 2 aliphatic heterocycles. The molecule has 210 valence electrons. The Balaban J connectivity index is 1.29. The Bertz CT molecular complexity index is 1370. The Morgan fingerprint density at radius 2 is 1.77 bits per heavy atom. The lowest BCUT2D eigenvalue weighted by atomic mass is 10.1. The first-order chi connectivity index (χ1) is 19.4. The van der Waals surface area contributed by atoms with Gasteiger partial charge in [0.15, 0.2) is 0 Å². The summed E-state index contributed by atoms with van der Waals surface area (Å²) in [7, 11) is 4.96. The number of amides is 3. The second kappa shape index (κ2) is 11.9. The van der Waals surface area contributed by atoms with Crippen molar-refractivity contribution in [3.8, 4) is 5.75 Å². The molecule has 0 radical (unpaired) electrons. The van der Waals surface area contributed by atoms with Gasteiger partial charge < -0.3 is 20.3 Å². The molecular weight excluding hydrogens is 508 g/mol. The number of methoxy groups -OCH3 is 1. The number of hydrogen-bond donors (Lipinski definition) is 2. The standard InChI is InChI=1S/C29H36N8O3/c1-5-35-10-12-36(13-11-35)18-20-6-8-21(9-7-20)27(38)32-23-14-24(16-25(15-23)40-4)37-19-22-17-31-28(30-2)33-26(22)34(3)29(37)39/h6-9,14-17H,5,10-13,18-19H2,1-4H3,(H,32,38)(H,30,31,33). The van der Waals surface area contributed by atoms with Gasteiger partial charge in [-0.15, -0.1) is 0 Å². The number of rotatable bonds is 8. The summed E-state index contributed by atoms with van der Waals surface area (Å²) in [6.45, 7) is 8.76. The SMILES string of the molecule is CCN1CCN(Cc2ccc(C(=O)Nc3cc(OC)cc(N4Cc5cnc(NC)nc5N(C)C4=O)c3)cc2)CC1. The zero-order chi connectivity index (χ0) is 28.2. The first-order valence-electron chi connectivity index (χ1n) is 13.5. The van der Waals surface area contributed by atoms with Crippen molar-refractivity contribution in [3.63, 3.8) is 0 Å². The number of nitrogens with zero attached hydrogens (tertiary/aromatic N) is 6. The minimum absolute atomic E-state index is 0.234. The van der Waals surface area contributed by atoms with E-state index in [0.717, 1.165) is 44.8 Å². The highest BCUT2D eigenvalue weighted by atomic mass is 16.5. The molecule has 11 nitrogen and oxygen atoms in total. The first kappa shape index (κ1) is 27.4. The summed E-state index contributed by atoms with van der Waals surface area (Å²) in [5, 5.41) is 5.87. The third-order valence-electron chi connectivity index (χ3n) is 7.46. The van der Waals surface area contributed by atoms with E-state index in [4.69, 9.17) is 4.74 Å². The summed E-state index contributed by atoms with van der Waals surface area (Å²) in [4.78, 5) is 43.1. The van der Waals surface area contributed by atoms with Crippen LogP contribution in [0.1, 0.15) is 28.4 Å². The zero-order valence-corrected chi connectivity index (χ0v) is 23.5. The van der Waals surface area contributed by atoms with Gasteiger partial charge in [0.1, 0.15) is 11.6 Å². The second-order valence-electron chi connectivity index (χ2n) is 10.0. The van der Waals surface area contributed by atoms with Gasteiger partial charge in [0.05, 0.1) is 19.3 Å². The van der Waals surface area contributed by atoms with Gasteiger partial charge >= 0.3 is 6.03 Å². The van der Waals surface area contributed by atoms with Gasteiger partial charge in [0.25, 0.3) is 5.91 Å². The molecule has 2 N–H and O–H groups in total. The van der Waals surface area contributed by atoms with Crippen LogP contribution in [0.4, 0.5) is 27.9 Å². The number of urea groups is 1. The molecule has 5 rings (SSSR count). The molecule has 0 bridgehead atoms. The van der Waals surface area contributed by atoms with E-state index < -0.39 is 0 Å². The fourth-order valence-corrected chi connectivity index (χ4v) is 5.05. The third kappa shape index (κ3) is 5.85. The summed E-state index contributed by atoms with van der Waals surface area (Å²) in [5.41, 5.74) is 3.67. The van der Waals surface area contributed by atoms with E-state index in [-0.39, 0.29) is 18.5 Å². The fourth-order valence-electron chi connectivity index (χ4n) is 5.05. The number of carbonyl (C=O) groups excluding carboxylic acids is 2. The molecule has 0 unspecified atom stereocenters. The van der Waals surface area contributed by atoms with Crippen LogP contribution < -0.4 is 25.2 Å². The number of hydrogen-bond acceptors (Lipinski definition) is 8. The van der Waals surface area contributed by atoms with Crippen LogP contribution >= 0.6 is 0 Å². The minimum atomic E-state index is -0.245. The third-order valence-corrected chi connectivity index (χ3v) is 7.46. The molecule has 0 saturated carbocycles. The minimum Gasteiger partial charge on any atom is -0.497 e. The maximum absolute atomic E-state index is 13.3. The van der Waals surface area contributed by atoms with E-state index in [1.807, 2.05) is 24.3 Å². The van der Waals surface area contributed by atoms with Crippen molar-refractivity contribution >= 4 is 35.1 Å². The predicted molar refractivity (Wildman–Crippen MR) is 156 cm³/mol. The van der Waals surface area contributed by atoms with Crippen molar-refractivity contribution in [2.24, 2.45) is 0 Å². The van der Waals surface area contributed by atoms with Crippen LogP contribution in [0.15, 0.2) is 48.7 Å². The van der Waals surface area contributed by atoms with Crippen LogP contribution in [0.25, 0.3) is 0 Å². The normalized spacial score (nSPS) is 16.1. The van der Waals surface area contributed by atoms with Gasteiger partial charge in [0.2, 0.25) is 5.95 Å². The molecule has 1 saturated heterocycles. The zero-order valence-electron chi connectivity index (χ0n) is 23.5. The van der Waals surface area contributed by atoms with Crippen molar-refractivity contribution in [2.75, 3.05) is 74.4 Å². The number of likely N-dealkylation sites (N-methyl/N-ethyl adjacent to an activating group) is 1. The molecule has 1 aromatic heterocycles. The first-order valence-corrected chi connectivity index (χ1v) is 13.5. The highest BCUT2D eigenvalue weighted by Gasteiger charge is 2.31. The van der Waals surface area contributed by atoms with E-state index in [9.17, 15) is 9.59 Å². The average molecular weight is 545 g/mol. The fraction of sp³-hybridized carbons (Fsp3) is 0.379. The Hall–Kier alpha value is -4.22. The van der Waals surface area contributed by atoms with E-state index in [1.54, 1.807) is 50.5 Å². The Kier molecular flexibility index (Phi) is 8.13. The monoisotopic (exact) mass is 544 g/mol. The van der Waals surface area contributed by atoms with E-state index in [0.29, 0.717) is 34.5 Å². The summed E-state index contributed by atoms with van der Waals surface area (Å²) in [5.74, 6) is 1.29. The van der Waals surface area contributed by atoms with Gasteiger partial charge in [-0.2, -0.15) is 4.98 Å². The largest absolute Gasteiger partial charge is 0.497 e. The highest BCUT2D eigenvalue weighted by molar-refractivity contribution is 6.07. The lowest BCUT2D eigenvalue weighted by Gasteiger charge is -2.34. The van der Waals surface area contributed by atoms with Crippen molar-refractivity contribution < 1.29 is 14.3 Å². The Labute approximate surface area is 234 Å². The van der Waals surface area contributed by atoms with Crippen LogP contribution in [-0.2, 0) is 13.1 Å². The molecule has 2 aromatic carbocycles. The second-order valence-corrected chi connectivity index (χ2v) is 10.0. The molecule has 3 amide bonds. The van der Waals surface area contributed by atoms with Crippen LogP contribution in [0.3, 0.4) is 0 Å². The predicted octanol–water partition coefficient (Wildman–Crippen LogP) is 3.49. The topological polar surface area (TPSA) is 106 Å². The number of aromatic nitrogens is 2. The highest BCUT2D eigenvalue weighted by Crippen LogP contribution is 2.33. The lowest BCUT2D eigenvalue weighted by molar-refractivity contribution is 0.102. The number of carbonyl (C=O) groups is 2. The number of benzene rings is 2. The van der Waals surface area contributed by atoms with Crippen LogP contribution in [0.2, 0.25) is 0 Å². The molecule has 11 heteroatoms. The van der Waals surface area contributed by atoms with Crippen molar-refractivity contribution in [1.29, 1.82) is 0 Å². The molecule has 3 heterocycles. The number of piperazine rings is 1. The quantitative estimate of drug-likeness (QED) is 0.444. The molecule has 40 heavy (non-hydrogen) atoms. The van der Waals surface area contributed by atoms with Crippen LogP contribution in [0, 0.1) is 0 Å². The summed E-state index contributed by atoms with van der Waals surface area (Å²) < 4.78 is 5.49. The van der Waals surface area contributed by atoms with Crippen molar-refractivity contribution in [1.82, 2.24) is 19.8 Å². The summed E-state index contributed by atoms with van der Waals surface area (Å²) >= 11 is 0. The molecule has 0 atom stereocenters. The number of fused-ring (bicyclic) bond motifs is 1. The van der Waals surface area contributed by atoms with E-state index in [1.165, 1.54) is 10.5 Å². The van der Waals surface area contributed by atoms with E-state index >= 15 is 0 Å². The maximum atomic E-state index is 13.3. The van der Waals surface area contributed by atoms with Crippen molar-refractivity contribution in [3.05, 3.63) is 65.4 Å². The summed E-state index contributed by atoms with van der Waals surface area (Å²) in [6, 6.07) is 12.8. The molecule has 2 aliphatic rings. The number of ether oxygens (including phenoxy) is 1. The maximum Gasteiger partial charge on any atom is 0.330 e. The molecule has 0 aliphatic carbocycles. The van der Waals surface area contributed by atoms with Gasteiger partial charge in [-0.25, -0.2) is 9.78 Å². The molecule has 0 spiro atoms. The van der Waals surface area contributed by atoms with Gasteiger partial charge in [0, 0.05) is 82.0 Å². The average Bonchev–Trinajstić information content (AvgIpc) is 2.99. The number of anilines is 4. The van der Waals surface area contributed by atoms with Gasteiger partial charge in [-0.05, 0) is 30.3 Å². The Morgan fingerprint density at radius 1 is 1.05 bits per heavy atom. The van der Waals surface area contributed by atoms with Crippen molar-refractivity contribution in [2.45, 2.75) is 20.0 Å². The van der Waals surface area contributed by atoms with Crippen LogP contribution in [0.5, 0.6) is 5.75 Å². The van der Waals surface area contributed by atoms with Gasteiger partial charge in [-0.3, -0.25) is 19.5 Å². The van der Waals surface area contributed by atoms with Crippen LogP contribution in [-0.4, -0.2) is 85.6 Å².